The number of ether oxygens (including phenoxy) is 1. The van der Waals surface area contributed by atoms with Crippen molar-refractivity contribution in [2.75, 3.05) is 0 Å². The molecular formula is C16H16N4O4. The van der Waals surface area contributed by atoms with E-state index < -0.39 is 5.97 Å². The van der Waals surface area contributed by atoms with Gasteiger partial charge in [0, 0.05) is 13.5 Å². The van der Waals surface area contributed by atoms with Crippen LogP contribution in [0.15, 0.2) is 27.4 Å². The highest BCUT2D eigenvalue weighted by Gasteiger charge is 2.13. The van der Waals surface area contributed by atoms with E-state index in [1.807, 2.05) is 6.92 Å². The summed E-state index contributed by atoms with van der Waals surface area (Å²) in [5.41, 5.74) is 1.84. The molecule has 24 heavy (non-hydrogen) atoms. The fraction of sp³-hybridized carbons (Fsp3) is 0.312. The fourth-order valence-electron chi connectivity index (χ4n) is 2.42. The topological polar surface area (TPSA) is 100 Å². The Morgan fingerprint density at radius 3 is 2.75 bits per heavy atom. The molecular weight excluding hydrogens is 312 g/mol. The van der Waals surface area contributed by atoms with E-state index in [1.54, 1.807) is 36.6 Å². The number of carbonyl (C=O) groups is 1. The minimum absolute atomic E-state index is 0.0986. The van der Waals surface area contributed by atoms with E-state index in [9.17, 15) is 9.59 Å². The van der Waals surface area contributed by atoms with Gasteiger partial charge in [-0.1, -0.05) is 0 Å². The summed E-state index contributed by atoms with van der Waals surface area (Å²) < 4.78 is 11.9. The number of nitrogens with zero attached hydrogens (tertiary/aromatic N) is 4. The Hall–Kier alpha value is -3.03. The van der Waals surface area contributed by atoms with Crippen LogP contribution in [0.5, 0.6) is 0 Å². The Bertz CT molecular complexity index is 974. The van der Waals surface area contributed by atoms with Gasteiger partial charge in [0.05, 0.1) is 16.6 Å². The maximum Gasteiger partial charge on any atom is 0.338 e. The normalized spacial score (nSPS) is 11.0. The standard InChI is InChI=1S/C16H16N4O4/c1-4-20-13-6-5-11(7-12(13)17-9(2)15(20)21)16(22)23-8-14-19-18-10(3)24-14/h5-7H,4,8H2,1-3H3. The van der Waals surface area contributed by atoms with E-state index in [0.29, 0.717) is 34.7 Å². The lowest BCUT2D eigenvalue weighted by Crippen LogP contribution is -2.23. The number of aromatic nitrogens is 4. The molecule has 3 aromatic rings. The molecule has 0 saturated heterocycles. The smallest absolute Gasteiger partial charge is 0.338 e. The summed E-state index contributed by atoms with van der Waals surface area (Å²) in [7, 11) is 0. The number of aryl methyl sites for hydroxylation is 3. The van der Waals surface area contributed by atoms with Gasteiger partial charge in [0.25, 0.3) is 11.4 Å². The van der Waals surface area contributed by atoms with Crippen molar-refractivity contribution in [3.63, 3.8) is 0 Å². The van der Waals surface area contributed by atoms with Gasteiger partial charge in [-0.05, 0) is 32.0 Å². The SMILES string of the molecule is CCn1c(=O)c(C)nc2cc(C(=O)OCc3nnc(C)o3)ccc21. The first-order chi connectivity index (χ1) is 11.5. The zero-order valence-electron chi connectivity index (χ0n) is 13.6. The highest BCUT2D eigenvalue weighted by Crippen LogP contribution is 2.15. The van der Waals surface area contributed by atoms with Crippen molar-refractivity contribution in [3.8, 4) is 0 Å². The summed E-state index contributed by atoms with van der Waals surface area (Å²) in [5.74, 6) is 0.112. The van der Waals surface area contributed by atoms with Gasteiger partial charge in [-0.15, -0.1) is 10.2 Å². The number of fused-ring (bicyclic) bond motifs is 1. The summed E-state index contributed by atoms with van der Waals surface area (Å²) in [4.78, 5) is 28.5. The Balaban J connectivity index is 1.88. The Labute approximate surface area is 137 Å². The van der Waals surface area contributed by atoms with Gasteiger partial charge < -0.3 is 13.7 Å². The number of rotatable bonds is 4. The van der Waals surface area contributed by atoms with Crippen molar-refractivity contribution in [2.45, 2.75) is 33.9 Å². The number of hydrogen-bond donors (Lipinski definition) is 0. The zero-order chi connectivity index (χ0) is 17.3. The molecule has 0 aliphatic carbocycles. The molecule has 0 amide bonds. The van der Waals surface area contributed by atoms with Crippen LogP contribution < -0.4 is 5.56 Å². The van der Waals surface area contributed by atoms with Crippen molar-refractivity contribution >= 4 is 17.0 Å². The summed E-state index contributed by atoms with van der Waals surface area (Å²) >= 11 is 0. The van der Waals surface area contributed by atoms with E-state index in [2.05, 4.69) is 15.2 Å². The largest absolute Gasteiger partial charge is 0.452 e. The molecule has 0 N–H and O–H groups in total. The van der Waals surface area contributed by atoms with Crippen molar-refractivity contribution in [3.05, 3.63) is 51.6 Å². The van der Waals surface area contributed by atoms with Gasteiger partial charge in [-0.25, -0.2) is 9.78 Å². The van der Waals surface area contributed by atoms with E-state index >= 15 is 0 Å². The van der Waals surface area contributed by atoms with E-state index in [0.717, 1.165) is 0 Å². The lowest BCUT2D eigenvalue weighted by atomic mass is 10.2. The van der Waals surface area contributed by atoms with Gasteiger partial charge in [-0.3, -0.25) is 4.79 Å². The predicted molar refractivity (Wildman–Crippen MR) is 84.6 cm³/mol. The van der Waals surface area contributed by atoms with Crippen LogP contribution in [-0.4, -0.2) is 25.7 Å². The molecule has 0 radical (unpaired) electrons. The second kappa shape index (κ2) is 6.23. The van der Waals surface area contributed by atoms with Crippen LogP contribution in [0.1, 0.15) is 34.8 Å². The fourth-order valence-corrected chi connectivity index (χ4v) is 2.42. The first-order valence-corrected chi connectivity index (χ1v) is 7.47. The van der Waals surface area contributed by atoms with Crippen molar-refractivity contribution < 1.29 is 13.9 Å². The van der Waals surface area contributed by atoms with Gasteiger partial charge in [0.2, 0.25) is 5.89 Å². The van der Waals surface area contributed by atoms with Gasteiger partial charge in [-0.2, -0.15) is 0 Å². The molecule has 2 aromatic heterocycles. The van der Waals surface area contributed by atoms with E-state index in [-0.39, 0.29) is 18.1 Å². The molecule has 8 heteroatoms. The molecule has 0 bridgehead atoms. The molecule has 0 spiro atoms. The molecule has 2 heterocycles. The first kappa shape index (κ1) is 15.9. The third-order valence-electron chi connectivity index (χ3n) is 3.56. The van der Waals surface area contributed by atoms with Crippen LogP contribution in [0.3, 0.4) is 0 Å². The van der Waals surface area contributed by atoms with Crippen LogP contribution in [0.4, 0.5) is 0 Å². The second-order valence-corrected chi connectivity index (χ2v) is 5.24. The molecule has 124 valence electrons. The lowest BCUT2D eigenvalue weighted by molar-refractivity contribution is 0.0437. The number of carbonyl (C=O) groups excluding carboxylic acids is 1. The number of hydrogen-bond acceptors (Lipinski definition) is 7. The molecule has 0 aliphatic heterocycles. The molecule has 0 atom stereocenters. The quantitative estimate of drug-likeness (QED) is 0.673. The highest BCUT2D eigenvalue weighted by atomic mass is 16.5. The van der Waals surface area contributed by atoms with Crippen molar-refractivity contribution in [2.24, 2.45) is 0 Å². The molecule has 8 nitrogen and oxygen atoms in total. The predicted octanol–water partition coefficient (Wildman–Crippen LogP) is 1.77. The van der Waals surface area contributed by atoms with Crippen LogP contribution in [0.25, 0.3) is 11.0 Å². The monoisotopic (exact) mass is 328 g/mol. The second-order valence-electron chi connectivity index (χ2n) is 5.24. The Morgan fingerprint density at radius 1 is 1.29 bits per heavy atom. The van der Waals surface area contributed by atoms with Gasteiger partial charge in [0.1, 0.15) is 5.69 Å². The summed E-state index contributed by atoms with van der Waals surface area (Å²) in [5, 5.41) is 7.43. The van der Waals surface area contributed by atoms with Crippen molar-refractivity contribution in [1.29, 1.82) is 0 Å². The first-order valence-electron chi connectivity index (χ1n) is 7.47. The molecule has 0 aliphatic rings. The van der Waals surface area contributed by atoms with Crippen molar-refractivity contribution in [1.82, 2.24) is 19.7 Å². The minimum atomic E-state index is -0.526. The third kappa shape index (κ3) is 2.90. The van der Waals surface area contributed by atoms with Crippen LogP contribution in [0.2, 0.25) is 0 Å². The number of benzene rings is 1. The highest BCUT2D eigenvalue weighted by molar-refractivity contribution is 5.93. The lowest BCUT2D eigenvalue weighted by Gasteiger charge is -2.09. The Morgan fingerprint density at radius 2 is 2.08 bits per heavy atom. The third-order valence-corrected chi connectivity index (χ3v) is 3.56. The molecule has 3 rings (SSSR count). The van der Waals surface area contributed by atoms with E-state index in [4.69, 9.17) is 9.15 Å². The average Bonchev–Trinajstić information content (AvgIpc) is 2.99. The molecule has 0 unspecified atom stereocenters. The summed E-state index contributed by atoms with van der Waals surface area (Å²) in [6.07, 6.45) is 0. The number of esters is 1. The van der Waals surface area contributed by atoms with Crippen LogP contribution >= 0.6 is 0 Å². The summed E-state index contributed by atoms with van der Waals surface area (Å²) in [6, 6.07) is 4.90. The van der Waals surface area contributed by atoms with E-state index in [1.165, 1.54) is 0 Å². The van der Waals surface area contributed by atoms with Crippen LogP contribution in [-0.2, 0) is 17.9 Å². The molecule has 0 fully saturated rings. The van der Waals surface area contributed by atoms with Gasteiger partial charge in [0.15, 0.2) is 6.61 Å². The zero-order valence-corrected chi connectivity index (χ0v) is 13.6. The maximum absolute atomic E-state index is 12.2. The average molecular weight is 328 g/mol. The van der Waals surface area contributed by atoms with Gasteiger partial charge >= 0.3 is 5.97 Å². The summed E-state index contributed by atoms with van der Waals surface area (Å²) in [6.45, 7) is 5.62. The molecule has 1 aromatic carbocycles. The maximum atomic E-state index is 12.2. The van der Waals surface area contributed by atoms with Crippen LogP contribution in [0, 0.1) is 13.8 Å². The molecule has 0 saturated carbocycles. The minimum Gasteiger partial charge on any atom is -0.452 e. The Kier molecular flexibility index (Phi) is 4.11.